The number of hydrogen-bond donors (Lipinski definition) is 2. The Balaban J connectivity index is 1.63. The first-order valence-corrected chi connectivity index (χ1v) is 7.71. The number of fused-ring (bicyclic) bond motifs is 1. The van der Waals surface area contributed by atoms with Crippen LogP contribution in [0.2, 0.25) is 0 Å². The largest absolute Gasteiger partial charge is 0.416 e. The van der Waals surface area contributed by atoms with Crippen molar-refractivity contribution in [3.8, 4) is 0 Å². The molecule has 2 aliphatic heterocycles. The Morgan fingerprint density at radius 2 is 2.04 bits per heavy atom. The molecule has 24 heavy (non-hydrogen) atoms. The molecule has 128 valence electrons. The highest BCUT2D eigenvalue weighted by molar-refractivity contribution is 5.92. The number of benzene rings is 1. The molecule has 2 aliphatic rings. The van der Waals surface area contributed by atoms with Gasteiger partial charge in [0.2, 0.25) is 5.91 Å². The van der Waals surface area contributed by atoms with Gasteiger partial charge >= 0.3 is 6.18 Å². The van der Waals surface area contributed by atoms with Crippen LogP contribution < -0.4 is 10.6 Å². The summed E-state index contributed by atoms with van der Waals surface area (Å²) in [4.78, 5) is 14.4. The number of carbonyl (C=O) groups is 1. The van der Waals surface area contributed by atoms with E-state index in [9.17, 15) is 18.0 Å². The molecule has 0 spiro atoms. The summed E-state index contributed by atoms with van der Waals surface area (Å²) in [5, 5.41) is 5.99. The number of alkyl halides is 3. The molecule has 1 saturated heterocycles. The Morgan fingerprint density at radius 1 is 1.33 bits per heavy atom. The smallest absolute Gasteiger partial charge is 0.351 e. The molecule has 1 aromatic carbocycles. The van der Waals surface area contributed by atoms with Gasteiger partial charge in [-0.1, -0.05) is 6.08 Å². The quantitative estimate of drug-likeness (QED) is 0.891. The molecule has 0 aromatic heterocycles. The average Bonchev–Trinajstić information content (AvgIpc) is 2.89. The SMILES string of the molecule is CC1CNC2C=CC=C(CC(=O)Nc3ccc(C(F)(F)F)cc3)N12. The van der Waals surface area contributed by atoms with E-state index in [1.165, 1.54) is 12.1 Å². The van der Waals surface area contributed by atoms with Crippen molar-refractivity contribution in [1.29, 1.82) is 0 Å². The summed E-state index contributed by atoms with van der Waals surface area (Å²) < 4.78 is 37.6. The molecule has 1 fully saturated rings. The number of carbonyl (C=O) groups excluding carboxylic acids is 1. The molecule has 2 unspecified atom stereocenters. The van der Waals surface area contributed by atoms with E-state index in [2.05, 4.69) is 22.5 Å². The van der Waals surface area contributed by atoms with Crippen molar-refractivity contribution in [2.24, 2.45) is 0 Å². The van der Waals surface area contributed by atoms with Crippen LogP contribution in [-0.2, 0) is 11.0 Å². The minimum absolute atomic E-state index is 0.0962. The molecule has 7 heteroatoms. The molecule has 4 nitrogen and oxygen atoms in total. The van der Waals surface area contributed by atoms with Gasteiger partial charge in [-0.15, -0.1) is 0 Å². The van der Waals surface area contributed by atoms with E-state index in [4.69, 9.17) is 0 Å². The highest BCUT2D eigenvalue weighted by Gasteiger charge is 2.32. The van der Waals surface area contributed by atoms with Crippen molar-refractivity contribution >= 4 is 11.6 Å². The summed E-state index contributed by atoms with van der Waals surface area (Å²) in [5.74, 6) is -0.255. The standard InChI is InChI=1S/C17H18F3N3O/c1-11-10-21-15-4-2-3-14(23(11)15)9-16(24)22-13-7-5-12(6-8-13)17(18,19)20/h2-8,11,15,21H,9-10H2,1H3,(H,22,24). The average molecular weight is 337 g/mol. The van der Waals surface area contributed by atoms with Crippen LogP contribution in [0.5, 0.6) is 0 Å². The van der Waals surface area contributed by atoms with Gasteiger partial charge in [-0.2, -0.15) is 13.2 Å². The summed E-state index contributed by atoms with van der Waals surface area (Å²) in [6.07, 6.45) is 1.72. The third kappa shape index (κ3) is 3.46. The molecule has 1 amide bonds. The lowest BCUT2D eigenvalue weighted by Gasteiger charge is -2.32. The Labute approximate surface area is 138 Å². The number of allylic oxidation sites excluding steroid dienone is 2. The fourth-order valence-corrected chi connectivity index (χ4v) is 3.01. The summed E-state index contributed by atoms with van der Waals surface area (Å²) in [6, 6.07) is 4.73. The minimum atomic E-state index is -4.38. The monoisotopic (exact) mass is 337 g/mol. The Hall–Kier alpha value is -2.28. The molecule has 1 aromatic rings. The zero-order valence-corrected chi connectivity index (χ0v) is 13.1. The van der Waals surface area contributed by atoms with Crippen molar-refractivity contribution in [2.75, 3.05) is 11.9 Å². The van der Waals surface area contributed by atoms with Crippen molar-refractivity contribution in [1.82, 2.24) is 10.2 Å². The number of hydrogen-bond acceptors (Lipinski definition) is 3. The highest BCUT2D eigenvalue weighted by atomic mass is 19.4. The molecule has 0 aliphatic carbocycles. The second-order valence-electron chi connectivity index (χ2n) is 5.95. The zero-order chi connectivity index (χ0) is 17.3. The number of nitrogens with zero attached hydrogens (tertiary/aromatic N) is 1. The summed E-state index contributed by atoms with van der Waals surface area (Å²) in [5.41, 5.74) is 0.508. The van der Waals surface area contributed by atoms with E-state index >= 15 is 0 Å². The summed E-state index contributed by atoms with van der Waals surface area (Å²) in [7, 11) is 0. The molecule has 2 atom stereocenters. The van der Waals surface area contributed by atoms with Crippen molar-refractivity contribution in [3.05, 3.63) is 53.8 Å². The van der Waals surface area contributed by atoms with Crippen LogP contribution in [0.4, 0.5) is 18.9 Å². The molecule has 0 saturated carbocycles. The second kappa shape index (κ2) is 6.32. The lowest BCUT2D eigenvalue weighted by Crippen LogP contribution is -2.38. The first-order valence-electron chi connectivity index (χ1n) is 7.71. The van der Waals surface area contributed by atoms with Gasteiger partial charge in [-0.3, -0.25) is 10.1 Å². The third-order valence-electron chi connectivity index (χ3n) is 4.15. The Kier molecular flexibility index (Phi) is 4.36. The van der Waals surface area contributed by atoms with E-state index in [-0.39, 0.29) is 24.5 Å². The Bertz CT molecular complexity index is 679. The number of nitrogens with one attached hydrogen (secondary N) is 2. The maximum Gasteiger partial charge on any atom is 0.416 e. The van der Waals surface area contributed by atoms with Crippen LogP contribution in [0.25, 0.3) is 0 Å². The molecule has 0 radical (unpaired) electrons. The van der Waals surface area contributed by atoms with Gasteiger partial charge in [0.05, 0.1) is 18.2 Å². The van der Waals surface area contributed by atoms with E-state index in [1.54, 1.807) is 0 Å². The maximum atomic E-state index is 12.5. The van der Waals surface area contributed by atoms with Gasteiger partial charge in [-0.25, -0.2) is 0 Å². The fourth-order valence-electron chi connectivity index (χ4n) is 3.01. The van der Waals surface area contributed by atoms with E-state index in [0.29, 0.717) is 5.69 Å². The first-order chi connectivity index (χ1) is 11.3. The fraction of sp³-hybridized carbons (Fsp3) is 0.353. The van der Waals surface area contributed by atoms with Gasteiger partial charge in [0.15, 0.2) is 0 Å². The normalized spacial score (nSPS) is 23.0. The van der Waals surface area contributed by atoms with Crippen molar-refractivity contribution in [2.45, 2.75) is 31.7 Å². The van der Waals surface area contributed by atoms with Crippen LogP contribution in [0, 0.1) is 0 Å². The van der Waals surface area contributed by atoms with Crippen LogP contribution >= 0.6 is 0 Å². The summed E-state index contributed by atoms with van der Waals surface area (Å²) >= 11 is 0. The number of rotatable bonds is 3. The minimum Gasteiger partial charge on any atom is -0.351 e. The van der Waals surface area contributed by atoms with Gasteiger partial charge < -0.3 is 10.2 Å². The van der Waals surface area contributed by atoms with Crippen LogP contribution in [0.1, 0.15) is 18.9 Å². The summed E-state index contributed by atoms with van der Waals surface area (Å²) in [6.45, 7) is 2.92. The number of halogens is 3. The third-order valence-corrected chi connectivity index (χ3v) is 4.15. The highest BCUT2D eigenvalue weighted by Crippen LogP contribution is 2.30. The van der Waals surface area contributed by atoms with E-state index in [1.807, 2.05) is 18.2 Å². The van der Waals surface area contributed by atoms with Gasteiger partial charge in [0.25, 0.3) is 0 Å². The number of anilines is 1. The van der Waals surface area contributed by atoms with E-state index < -0.39 is 11.7 Å². The molecule has 2 N–H and O–H groups in total. The van der Waals surface area contributed by atoms with Gasteiger partial charge in [0.1, 0.15) is 0 Å². The molecular weight excluding hydrogens is 319 g/mol. The van der Waals surface area contributed by atoms with Gasteiger partial charge in [-0.05, 0) is 43.3 Å². The van der Waals surface area contributed by atoms with Crippen LogP contribution in [0.3, 0.4) is 0 Å². The maximum absolute atomic E-state index is 12.5. The van der Waals surface area contributed by atoms with E-state index in [0.717, 1.165) is 24.4 Å². The zero-order valence-electron chi connectivity index (χ0n) is 13.1. The lowest BCUT2D eigenvalue weighted by molar-refractivity contribution is -0.137. The predicted molar refractivity (Wildman–Crippen MR) is 85.0 cm³/mol. The second-order valence-corrected chi connectivity index (χ2v) is 5.95. The number of amides is 1. The topological polar surface area (TPSA) is 44.4 Å². The predicted octanol–water partition coefficient (Wildman–Crippen LogP) is 3.11. The molecular formula is C17H18F3N3O. The lowest BCUT2D eigenvalue weighted by atomic mass is 10.1. The molecule has 3 rings (SSSR count). The first kappa shape index (κ1) is 16.6. The molecule has 2 heterocycles. The van der Waals surface area contributed by atoms with Gasteiger partial charge in [0, 0.05) is 24.0 Å². The van der Waals surface area contributed by atoms with Crippen molar-refractivity contribution < 1.29 is 18.0 Å². The van der Waals surface area contributed by atoms with Crippen LogP contribution in [0.15, 0.2) is 48.2 Å². The van der Waals surface area contributed by atoms with Crippen LogP contribution in [-0.4, -0.2) is 29.6 Å². The molecule has 0 bridgehead atoms. The van der Waals surface area contributed by atoms with Crippen molar-refractivity contribution in [3.63, 3.8) is 0 Å². The Morgan fingerprint density at radius 3 is 2.71 bits per heavy atom.